The van der Waals surface area contributed by atoms with E-state index in [1.165, 1.54) is 5.56 Å². The Hall–Kier alpha value is -3.14. The maximum atomic E-state index is 12.6. The molecule has 1 aromatic heterocycles. The van der Waals surface area contributed by atoms with Gasteiger partial charge in [-0.25, -0.2) is 0 Å². The second-order valence-electron chi connectivity index (χ2n) is 6.15. The van der Waals surface area contributed by atoms with Crippen LogP contribution in [-0.2, 0) is 6.42 Å². The average Bonchev–Trinajstić information content (AvgIpc) is 3.11. The number of para-hydroxylation sites is 1. The highest BCUT2D eigenvalue weighted by atomic mass is 16.5. The number of carbonyl (C=O) groups is 1. The molecule has 0 fully saturated rings. The molecule has 0 aliphatic carbocycles. The third-order valence-corrected chi connectivity index (χ3v) is 4.42. The molecule has 0 bridgehead atoms. The molecule has 3 aromatic rings. The van der Waals surface area contributed by atoms with Gasteiger partial charge in [-0.3, -0.25) is 9.78 Å². The van der Waals surface area contributed by atoms with Crippen LogP contribution in [0, 0.1) is 6.92 Å². The molecule has 0 spiro atoms. The van der Waals surface area contributed by atoms with E-state index < -0.39 is 0 Å². The van der Waals surface area contributed by atoms with Crippen molar-refractivity contribution in [1.82, 2.24) is 4.98 Å². The van der Waals surface area contributed by atoms with Crippen LogP contribution in [0.4, 0.5) is 5.69 Å². The van der Waals surface area contributed by atoms with Gasteiger partial charge < -0.3 is 10.1 Å². The predicted molar refractivity (Wildman–Crippen MR) is 98.0 cm³/mol. The summed E-state index contributed by atoms with van der Waals surface area (Å²) in [6, 6.07) is 15.7. The number of amides is 1. The van der Waals surface area contributed by atoms with Crippen molar-refractivity contribution in [3.05, 3.63) is 77.6 Å². The lowest BCUT2D eigenvalue weighted by molar-refractivity contribution is 0.102. The summed E-state index contributed by atoms with van der Waals surface area (Å²) in [6.07, 6.45) is 4.29. The minimum atomic E-state index is -0.159. The highest BCUT2D eigenvalue weighted by Crippen LogP contribution is 2.30. The number of hydrogen-bond acceptors (Lipinski definition) is 3. The van der Waals surface area contributed by atoms with Gasteiger partial charge in [0, 0.05) is 30.1 Å². The quantitative estimate of drug-likeness (QED) is 0.781. The second-order valence-corrected chi connectivity index (χ2v) is 6.15. The molecule has 0 saturated carbocycles. The van der Waals surface area contributed by atoms with Crippen molar-refractivity contribution in [3.8, 4) is 16.9 Å². The van der Waals surface area contributed by atoms with E-state index in [-0.39, 0.29) is 5.91 Å². The minimum Gasteiger partial charge on any atom is -0.493 e. The summed E-state index contributed by atoms with van der Waals surface area (Å²) < 4.78 is 5.55. The molecule has 124 valence electrons. The van der Waals surface area contributed by atoms with Crippen molar-refractivity contribution in [3.63, 3.8) is 0 Å². The fourth-order valence-corrected chi connectivity index (χ4v) is 3.00. The molecule has 4 rings (SSSR count). The number of aromatic nitrogens is 1. The molecule has 2 aromatic carbocycles. The van der Waals surface area contributed by atoms with E-state index in [2.05, 4.69) is 16.4 Å². The fraction of sp³-hybridized carbons (Fsp3) is 0.143. The number of anilines is 1. The minimum absolute atomic E-state index is 0.159. The van der Waals surface area contributed by atoms with Crippen LogP contribution >= 0.6 is 0 Å². The molecule has 1 aliphatic rings. The van der Waals surface area contributed by atoms with Gasteiger partial charge in [-0.1, -0.05) is 24.3 Å². The van der Waals surface area contributed by atoms with E-state index in [4.69, 9.17) is 4.74 Å². The van der Waals surface area contributed by atoms with Crippen LogP contribution in [0.15, 0.2) is 60.9 Å². The molecular formula is C21H18N2O2. The predicted octanol–water partition coefficient (Wildman–Crippen LogP) is 4.24. The number of benzene rings is 2. The lowest BCUT2D eigenvalue weighted by Crippen LogP contribution is -2.13. The van der Waals surface area contributed by atoms with Crippen molar-refractivity contribution < 1.29 is 9.53 Å². The zero-order valence-electron chi connectivity index (χ0n) is 14.0. The molecule has 1 N–H and O–H groups in total. The Labute approximate surface area is 146 Å². The zero-order valence-corrected chi connectivity index (χ0v) is 14.0. The van der Waals surface area contributed by atoms with Crippen LogP contribution in [0.1, 0.15) is 21.5 Å². The lowest BCUT2D eigenvalue weighted by Gasteiger charge is -2.09. The van der Waals surface area contributed by atoms with Crippen LogP contribution in [0.5, 0.6) is 5.75 Å². The lowest BCUT2D eigenvalue weighted by atomic mass is 10.0. The smallest absolute Gasteiger partial charge is 0.257 e. The standard InChI is InChI=1S/C21H18N2O2/c1-14-4-2-3-5-19(14)23-21(24)18-11-17(12-22-13-18)15-6-7-20-16(10-15)8-9-25-20/h2-7,10-13H,8-9H2,1H3,(H,23,24). The number of pyridine rings is 1. The Kier molecular flexibility index (Phi) is 3.94. The van der Waals surface area contributed by atoms with E-state index >= 15 is 0 Å². The van der Waals surface area contributed by atoms with E-state index in [9.17, 15) is 4.79 Å². The van der Waals surface area contributed by atoms with Gasteiger partial charge in [-0.05, 0) is 47.9 Å². The summed E-state index contributed by atoms with van der Waals surface area (Å²) >= 11 is 0. The van der Waals surface area contributed by atoms with Crippen molar-refractivity contribution >= 4 is 11.6 Å². The highest BCUT2D eigenvalue weighted by molar-refractivity contribution is 6.05. The van der Waals surface area contributed by atoms with E-state index in [0.29, 0.717) is 5.56 Å². The Morgan fingerprint density at radius 3 is 2.84 bits per heavy atom. The van der Waals surface area contributed by atoms with Gasteiger partial charge in [0.15, 0.2) is 0 Å². The van der Waals surface area contributed by atoms with Gasteiger partial charge in [0.1, 0.15) is 5.75 Å². The number of nitrogens with one attached hydrogen (secondary N) is 1. The van der Waals surface area contributed by atoms with E-state index in [1.807, 2.05) is 49.4 Å². The topological polar surface area (TPSA) is 51.2 Å². The first-order valence-corrected chi connectivity index (χ1v) is 8.29. The number of nitrogens with zero attached hydrogens (tertiary/aromatic N) is 1. The monoisotopic (exact) mass is 330 g/mol. The Morgan fingerprint density at radius 2 is 1.96 bits per heavy atom. The molecule has 25 heavy (non-hydrogen) atoms. The maximum absolute atomic E-state index is 12.6. The van der Waals surface area contributed by atoms with E-state index in [1.54, 1.807) is 12.4 Å². The summed E-state index contributed by atoms with van der Waals surface area (Å²) in [6.45, 7) is 2.70. The van der Waals surface area contributed by atoms with Gasteiger partial charge >= 0.3 is 0 Å². The molecular weight excluding hydrogens is 312 g/mol. The summed E-state index contributed by atoms with van der Waals surface area (Å²) in [4.78, 5) is 16.8. The van der Waals surface area contributed by atoms with Crippen LogP contribution in [0.3, 0.4) is 0 Å². The van der Waals surface area contributed by atoms with Crippen molar-refractivity contribution in [2.45, 2.75) is 13.3 Å². The van der Waals surface area contributed by atoms with Crippen molar-refractivity contribution in [2.75, 3.05) is 11.9 Å². The number of hydrogen-bond donors (Lipinski definition) is 1. The summed E-state index contributed by atoms with van der Waals surface area (Å²) in [7, 11) is 0. The summed E-state index contributed by atoms with van der Waals surface area (Å²) in [5.74, 6) is 0.790. The number of ether oxygens (including phenoxy) is 1. The van der Waals surface area contributed by atoms with Crippen molar-refractivity contribution in [1.29, 1.82) is 0 Å². The molecule has 2 heterocycles. The normalized spacial score (nSPS) is 12.4. The number of carbonyl (C=O) groups excluding carboxylic acids is 1. The number of aryl methyl sites for hydroxylation is 1. The molecule has 0 saturated heterocycles. The Balaban J connectivity index is 1.61. The first-order valence-electron chi connectivity index (χ1n) is 8.29. The molecule has 0 radical (unpaired) electrons. The summed E-state index contributed by atoms with van der Waals surface area (Å²) in [5, 5.41) is 2.95. The first-order chi connectivity index (χ1) is 12.2. The van der Waals surface area contributed by atoms with Crippen LogP contribution < -0.4 is 10.1 Å². The largest absolute Gasteiger partial charge is 0.493 e. The van der Waals surface area contributed by atoms with Gasteiger partial charge in [0.2, 0.25) is 0 Å². The number of fused-ring (bicyclic) bond motifs is 1. The van der Waals surface area contributed by atoms with Crippen LogP contribution in [-0.4, -0.2) is 17.5 Å². The molecule has 4 heteroatoms. The molecule has 4 nitrogen and oxygen atoms in total. The van der Waals surface area contributed by atoms with Crippen molar-refractivity contribution in [2.24, 2.45) is 0 Å². The summed E-state index contributed by atoms with van der Waals surface area (Å²) in [5.41, 5.74) is 5.55. The van der Waals surface area contributed by atoms with Gasteiger partial charge in [0.25, 0.3) is 5.91 Å². The third kappa shape index (κ3) is 3.11. The zero-order chi connectivity index (χ0) is 17.2. The average molecular weight is 330 g/mol. The maximum Gasteiger partial charge on any atom is 0.257 e. The van der Waals surface area contributed by atoms with Gasteiger partial charge in [0.05, 0.1) is 12.2 Å². The van der Waals surface area contributed by atoms with Gasteiger partial charge in [-0.15, -0.1) is 0 Å². The number of rotatable bonds is 3. The van der Waals surface area contributed by atoms with Crippen LogP contribution in [0.25, 0.3) is 11.1 Å². The Morgan fingerprint density at radius 1 is 1.08 bits per heavy atom. The van der Waals surface area contributed by atoms with Gasteiger partial charge in [-0.2, -0.15) is 0 Å². The molecule has 1 aliphatic heterocycles. The molecule has 1 amide bonds. The van der Waals surface area contributed by atoms with Crippen LogP contribution in [0.2, 0.25) is 0 Å². The third-order valence-electron chi connectivity index (χ3n) is 4.42. The second kappa shape index (κ2) is 6.40. The molecule has 0 unspecified atom stereocenters. The Bertz CT molecular complexity index is 950. The SMILES string of the molecule is Cc1ccccc1NC(=O)c1cncc(-c2ccc3c(c2)CCO3)c1. The van der Waals surface area contributed by atoms with E-state index in [0.717, 1.165) is 41.2 Å². The fourth-order valence-electron chi connectivity index (χ4n) is 3.00. The highest BCUT2D eigenvalue weighted by Gasteiger charge is 2.14. The molecule has 0 atom stereocenters. The first kappa shape index (κ1) is 15.4.